The maximum Gasteiger partial charge on any atom is 0.461 e. The summed E-state index contributed by atoms with van der Waals surface area (Å²) in [5.41, 5.74) is -1.61. The number of halogens is 8. The van der Waals surface area contributed by atoms with Gasteiger partial charge in [0.2, 0.25) is 0 Å². The van der Waals surface area contributed by atoms with E-state index in [2.05, 4.69) is 15.4 Å². The van der Waals surface area contributed by atoms with Crippen LogP contribution in [0.3, 0.4) is 0 Å². The lowest BCUT2D eigenvalue weighted by Crippen LogP contribution is -2.58. The minimum atomic E-state index is -4.98. The van der Waals surface area contributed by atoms with E-state index in [4.69, 9.17) is 4.74 Å². The molecule has 232 valence electrons. The van der Waals surface area contributed by atoms with Gasteiger partial charge in [-0.2, -0.15) is 17.6 Å². The standard InChI is InChI=1S/C30H28F8N2O3/c1-17(2)42-25-12-19(8-9-24(25)32)29(14-18-6-4-3-5-7-18,40-27(41)39-22-15-28(35,36)16-22)20-10-21(31)13-23(11-20)43-30(37,38)26(33)34/h3-13,17,22,26H,14-16H2,1-2H3,(H2,39,40,41)/t29-/m1/s1. The first kappa shape index (κ1) is 31.9. The maximum atomic E-state index is 15.0. The van der Waals surface area contributed by atoms with Crippen LogP contribution >= 0.6 is 0 Å². The predicted molar refractivity (Wildman–Crippen MR) is 141 cm³/mol. The fourth-order valence-corrected chi connectivity index (χ4v) is 4.82. The zero-order chi connectivity index (χ0) is 31.6. The van der Waals surface area contributed by atoms with Crippen LogP contribution < -0.4 is 20.1 Å². The van der Waals surface area contributed by atoms with Crippen LogP contribution in [0, 0.1) is 11.6 Å². The molecule has 1 aliphatic carbocycles. The van der Waals surface area contributed by atoms with Crippen molar-refractivity contribution < 1.29 is 49.4 Å². The Hall–Kier alpha value is -4.03. The lowest BCUT2D eigenvalue weighted by Gasteiger charge is -2.39. The normalized spacial score (nSPS) is 16.4. The van der Waals surface area contributed by atoms with Crippen LogP contribution in [0.15, 0.2) is 66.7 Å². The van der Waals surface area contributed by atoms with Gasteiger partial charge in [0, 0.05) is 31.4 Å². The minimum Gasteiger partial charge on any atom is -0.488 e. The second-order valence-electron chi connectivity index (χ2n) is 10.6. The molecule has 0 spiro atoms. The summed E-state index contributed by atoms with van der Waals surface area (Å²) in [5.74, 6) is -6.19. The molecule has 2 amide bonds. The van der Waals surface area contributed by atoms with Crippen LogP contribution in [-0.2, 0) is 12.0 Å². The molecule has 13 heteroatoms. The van der Waals surface area contributed by atoms with E-state index in [0.717, 1.165) is 18.2 Å². The average molecular weight is 617 g/mol. The molecule has 0 radical (unpaired) electrons. The van der Waals surface area contributed by atoms with Crippen molar-refractivity contribution in [3.05, 3.63) is 95.1 Å². The quantitative estimate of drug-likeness (QED) is 0.219. The monoisotopic (exact) mass is 616 g/mol. The number of hydrogen-bond acceptors (Lipinski definition) is 3. The summed E-state index contributed by atoms with van der Waals surface area (Å²) in [5, 5.41) is 5.06. The van der Waals surface area contributed by atoms with E-state index in [1.807, 2.05) is 0 Å². The molecule has 1 aliphatic rings. The number of alkyl halides is 6. The van der Waals surface area contributed by atoms with Gasteiger partial charge in [-0.15, -0.1) is 0 Å². The van der Waals surface area contributed by atoms with E-state index < -0.39 is 72.4 Å². The fourth-order valence-electron chi connectivity index (χ4n) is 4.82. The molecule has 2 N–H and O–H groups in total. The number of urea groups is 1. The van der Waals surface area contributed by atoms with E-state index in [1.165, 1.54) is 12.1 Å². The fraction of sp³-hybridized carbons (Fsp3) is 0.367. The van der Waals surface area contributed by atoms with Gasteiger partial charge in [-0.25, -0.2) is 22.4 Å². The number of rotatable bonds is 11. The summed E-state index contributed by atoms with van der Waals surface area (Å²) < 4.78 is 120. The summed E-state index contributed by atoms with van der Waals surface area (Å²) in [6.07, 6.45) is -11.2. The van der Waals surface area contributed by atoms with E-state index in [9.17, 15) is 39.9 Å². The van der Waals surface area contributed by atoms with Crippen molar-refractivity contribution >= 4 is 6.03 Å². The highest BCUT2D eigenvalue weighted by Gasteiger charge is 2.47. The lowest BCUT2D eigenvalue weighted by molar-refractivity contribution is -0.253. The van der Waals surface area contributed by atoms with Crippen molar-refractivity contribution in [3.63, 3.8) is 0 Å². The zero-order valence-electron chi connectivity index (χ0n) is 23.0. The van der Waals surface area contributed by atoms with Crippen LogP contribution in [0.5, 0.6) is 11.5 Å². The maximum absolute atomic E-state index is 15.0. The van der Waals surface area contributed by atoms with Crippen LogP contribution in [0.2, 0.25) is 0 Å². The Labute approximate surface area is 242 Å². The summed E-state index contributed by atoms with van der Waals surface area (Å²) in [6, 6.07) is 12.0. The van der Waals surface area contributed by atoms with Crippen LogP contribution in [0.1, 0.15) is 43.4 Å². The molecule has 3 aromatic rings. The number of carbonyl (C=O) groups is 1. The van der Waals surface area contributed by atoms with Gasteiger partial charge in [0.25, 0.3) is 5.92 Å². The Morgan fingerprint density at radius 1 is 0.977 bits per heavy atom. The number of ether oxygens (including phenoxy) is 2. The van der Waals surface area contributed by atoms with Crippen LogP contribution in [0.25, 0.3) is 0 Å². The molecule has 0 saturated heterocycles. The summed E-state index contributed by atoms with van der Waals surface area (Å²) in [6.45, 7) is 3.26. The van der Waals surface area contributed by atoms with Crippen molar-refractivity contribution in [2.45, 2.75) is 69.3 Å². The topological polar surface area (TPSA) is 59.6 Å². The van der Waals surface area contributed by atoms with Crippen molar-refractivity contribution in [1.29, 1.82) is 0 Å². The third kappa shape index (κ3) is 7.68. The van der Waals surface area contributed by atoms with Crippen LogP contribution in [-0.4, -0.2) is 36.6 Å². The Morgan fingerprint density at radius 2 is 1.65 bits per heavy atom. The van der Waals surface area contributed by atoms with Gasteiger partial charge in [0.05, 0.1) is 11.6 Å². The van der Waals surface area contributed by atoms with Gasteiger partial charge in [0.15, 0.2) is 11.6 Å². The Balaban J connectivity index is 1.91. The van der Waals surface area contributed by atoms with E-state index in [0.29, 0.717) is 11.6 Å². The third-order valence-corrected chi connectivity index (χ3v) is 6.72. The molecule has 0 aliphatic heterocycles. The van der Waals surface area contributed by atoms with E-state index >= 15 is 0 Å². The smallest absolute Gasteiger partial charge is 0.461 e. The number of nitrogens with one attached hydrogen (secondary N) is 2. The molecule has 43 heavy (non-hydrogen) atoms. The molecular weight excluding hydrogens is 588 g/mol. The molecule has 0 bridgehead atoms. The van der Waals surface area contributed by atoms with Gasteiger partial charge in [0.1, 0.15) is 11.6 Å². The molecular formula is C30H28F8N2O3. The first-order valence-electron chi connectivity index (χ1n) is 13.2. The van der Waals surface area contributed by atoms with E-state index in [1.54, 1.807) is 44.2 Å². The first-order valence-corrected chi connectivity index (χ1v) is 13.2. The molecule has 0 unspecified atom stereocenters. The Kier molecular flexibility index (Phi) is 9.12. The zero-order valence-corrected chi connectivity index (χ0v) is 23.0. The molecule has 1 fully saturated rings. The largest absolute Gasteiger partial charge is 0.488 e. The Bertz CT molecular complexity index is 1430. The van der Waals surface area contributed by atoms with Crippen LogP contribution in [0.4, 0.5) is 39.9 Å². The Morgan fingerprint density at radius 3 is 2.26 bits per heavy atom. The van der Waals surface area contributed by atoms with Gasteiger partial charge in [-0.1, -0.05) is 36.4 Å². The molecule has 0 aromatic heterocycles. The highest BCUT2D eigenvalue weighted by atomic mass is 19.3. The molecule has 1 atom stereocenters. The van der Waals surface area contributed by atoms with Crippen molar-refractivity contribution in [2.75, 3.05) is 0 Å². The van der Waals surface area contributed by atoms with Gasteiger partial charge in [-0.3, -0.25) is 0 Å². The molecule has 0 heterocycles. The van der Waals surface area contributed by atoms with E-state index in [-0.39, 0.29) is 23.3 Å². The second kappa shape index (κ2) is 12.3. The van der Waals surface area contributed by atoms with Crippen molar-refractivity contribution in [3.8, 4) is 11.5 Å². The van der Waals surface area contributed by atoms with Gasteiger partial charge < -0.3 is 20.1 Å². The minimum absolute atomic E-state index is 0.0691. The second-order valence-corrected chi connectivity index (χ2v) is 10.6. The average Bonchev–Trinajstić information content (AvgIpc) is 2.88. The van der Waals surface area contributed by atoms with Gasteiger partial charge in [-0.05, 0) is 54.8 Å². The summed E-state index contributed by atoms with van der Waals surface area (Å²) in [7, 11) is 0. The molecule has 4 rings (SSSR count). The van der Waals surface area contributed by atoms with Crippen molar-refractivity contribution in [1.82, 2.24) is 10.6 Å². The lowest BCUT2D eigenvalue weighted by atomic mass is 9.77. The summed E-state index contributed by atoms with van der Waals surface area (Å²) in [4.78, 5) is 13.3. The number of benzene rings is 3. The predicted octanol–water partition coefficient (Wildman–Crippen LogP) is 7.57. The number of amides is 2. The highest BCUT2D eigenvalue weighted by Crippen LogP contribution is 2.40. The number of carbonyl (C=O) groups excluding carboxylic acids is 1. The van der Waals surface area contributed by atoms with Crippen molar-refractivity contribution in [2.24, 2.45) is 0 Å². The molecule has 3 aromatic carbocycles. The third-order valence-electron chi connectivity index (χ3n) is 6.72. The number of hydrogen-bond donors (Lipinski definition) is 2. The van der Waals surface area contributed by atoms with Gasteiger partial charge >= 0.3 is 18.6 Å². The highest BCUT2D eigenvalue weighted by molar-refractivity contribution is 5.77. The molecule has 5 nitrogen and oxygen atoms in total. The summed E-state index contributed by atoms with van der Waals surface area (Å²) >= 11 is 0. The first-order chi connectivity index (χ1) is 20.1. The SMILES string of the molecule is CC(C)Oc1cc([C@@](Cc2ccccc2)(NC(=O)NC2CC(F)(F)C2)c2cc(F)cc(OC(F)(F)C(F)F)c2)ccc1F. The molecule has 1 saturated carbocycles.